The van der Waals surface area contributed by atoms with Gasteiger partial charge in [0.1, 0.15) is 5.01 Å². The lowest BCUT2D eigenvalue weighted by atomic mass is 10.2. The van der Waals surface area contributed by atoms with Gasteiger partial charge < -0.3 is 14.8 Å². The third kappa shape index (κ3) is 6.12. The Balaban J connectivity index is 1.86. The number of methoxy groups -OCH3 is 1. The number of hydrogen-bond acceptors (Lipinski definition) is 6. The zero-order valence-electron chi connectivity index (χ0n) is 14.0. The van der Waals surface area contributed by atoms with Crippen molar-refractivity contribution in [1.82, 2.24) is 10.3 Å². The highest BCUT2D eigenvalue weighted by molar-refractivity contribution is 7.13. The van der Waals surface area contributed by atoms with E-state index in [4.69, 9.17) is 21.1 Å². The number of nitrogens with zero attached hydrogens (tertiary/aromatic N) is 1. The summed E-state index contributed by atoms with van der Waals surface area (Å²) in [5.74, 6) is -0.854. The molecule has 0 unspecified atom stereocenters. The Morgan fingerprint density at radius 2 is 2.04 bits per heavy atom. The molecule has 1 aromatic heterocycles. The van der Waals surface area contributed by atoms with Crippen LogP contribution in [0.5, 0.6) is 0 Å². The number of ether oxygens (including phenoxy) is 2. The van der Waals surface area contributed by atoms with Crippen LogP contribution in [0, 0.1) is 0 Å². The van der Waals surface area contributed by atoms with Crippen molar-refractivity contribution in [1.29, 1.82) is 0 Å². The molecule has 0 bridgehead atoms. The summed E-state index contributed by atoms with van der Waals surface area (Å²) >= 11 is 7.30. The fourth-order valence-electron chi connectivity index (χ4n) is 1.97. The first-order valence-corrected chi connectivity index (χ1v) is 8.92. The Kier molecular flexibility index (Phi) is 7.36. The minimum Gasteiger partial charge on any atom is -0.452 e. The minimum absolute atomic E-state index is 0.0137. The van der Waals surface area contributed by atoms with Gasteiger partial charge in [0.2, 0.25) is 0 Å². The van der Waals surface area contributed by atoms with E-state index in [-0.39, 0.29) is 12.3 Å². The van der Waals surface area contributed by atoms with Gasteiger partial charge in [-0.15, -0.1) is 11.3 Å². The Hall–Kier alpha value is -1.96. The van der Waals surface area contributed by atoms with Gasteiger partial charge in [-0.2, -0.15) is 0 Å². The number of aromatic nitrogens is 1. The van der Waals surface area contributed by atoms with E-state index >= 15 is 0 Å². The van der Waals surface area contributed by atoms with Gasteiger partial charge in [0.15, 0.2) is 6.10 Å². The van der Waals surface area contributed by atoms with Crippen LogP contribution in [0.1, 0.15) is 12.6 Å². The molecule has 1 aromatic carbocycles. The quantitative estimate of drug-likeness (QED) is 0.561. The standard InChI is InChI=1S/C17H19ClN2O4S/c1-11(16(22)19-7-8-23-2)24-15(21)9-14-10-25-17(20-14)12-3-5-13(18)6-4-12/h3-6,10-11H,7-9H2,1-2H3,(H,19,22)/t11-/m1/s1. The second-order valence-electron chi connectivity index (χ2n) is 5.24. The maximum atomic E-state index is 12.0. The molecule has 0 aliphatic rings. The number of esters is 1. The normalized spacial score (nSPS) is 11.8. The molecule has 1 atom stereocenters. The van der Waals surface area contributed by atoms with Crippen molar-refractivity contribution in [2.45, 2.75) is 19.4 Å². The van der Waals surface area contributed by atoms with Crippen LogP contribution >= 0.6 is 22.9 Å². The summed E-state index contributed by atoms with van der Waals surface area (Å²) in [6.45, 7) is 2.30. The molecule has 1 amide bonds. The molecule has 0 saturated carbocycles. The van der Waals surface area contributed by atoms with Gasteiger partial charge in [-0.1, -0.05) is 23.7 Å². The van der Waals surface area contributed by atoms with E-state index in [0.29, 0.717) is 23.9 Å². The number of nitrogens with one attached hydrogen (secondary N) is 1. The van der Waals surface area contributed by atoms with Gasteiger partial charge in [0, 0.05) is 29.6 Å². The molecular formula is C17H19ClN2O4S. The molecule has 8 heteroatoms. The molecule has 0 spiro atoms. The Bertz CT molecular complexity index is 718. The second kappa shape index (κ2) is 9.50. The highest BCUT2D eigenvalue weighted by Gasteiger charge is 2.18. The molecular weight excluding hydrogens is 364 g/mol. The van der Waals surface area contributed by atoms with E-state index in [1.54, 1.807) is 24.6 Å². The monoisotopic (exact) mass is 382 g/mol. The van der Waals surface area contributed by atoms with Crippen LogP contribution in [0.3, 0.4) is 0 Å². The zero-order chi connectivity index (χ0) is 18.2. The number of halogens is 1. The maximum Gasteiger partial charge on any atom is 0.312 e. The highest BCUT2D eigenvalue weighted by Crippen LogP contribution is 2.25. The lowest BCUT2D eigenvalue weighted by Crippen LogP contribution is -2.37. The summed E-state index contributed by atoms with van der Waals surface area (Å²) in [6.07, 6.45) is -0.849. The fourth-order valence-corrected chi connectivity index (χ4v) is 2.93. The lowest BCUT2D eigenvalue weighted by molar-refractivity contribution is -0.154. The number of rotatable bonds is 8. The summed E-state index contributed by atoms with van der Waals surface area (Å²) in [5, 5.41) is 5.87. The van der Waals surface area contributed by atoms with Gasteiger partial charge in [-0.05, 0) is 19.1 Å². The highest BCUT2D eigenvalue weighted by atomic mass is 35.5. The maximum absolute atomic E-state index is 12.0. The number of hydrogen-bond donors (Lipinski definition) is 1. The van der Waals surface area contributed by atoms with Crippen LogP contribution in [0.2, 0.25) is 5.02 Å². The van der Waals surface area contributed by atoms with Gasteiger partial charge in [-0.3, -0.25) is 9.59 Å². The SMILES string of the molecule is COCCNC(=O)[C@@H](C)OC(=O)Cc1csc(-c2ccc(Cl)cc2)n1. The third-order valence-electron chi connectivity index (χ3n) is 3.25. The summed E-state index contributed by atoms with van der Waals surface area (Å²) in [5.41, 5.74) is 1.53. The van der Waals surface area contributed by atoms with E-state index in [1.807, 2.05) is 12.1 Å². The third-order valence-corrected chi connectivity index (χ3v) is 4.44. The number of carbonyl (C=O) groups is 2. The average Bonchev–Trinajstić information content (AvgIpc) is 3.03. The summed E-state index contributed by atoms with van der Waals surface area (Å²) in [6, 6.07) is 7.32. The predicted molar refractivity (Wildman–Crippen MR) is 96.7 cm³/mol. The van der Waals surface area contributed by atoms with Crippen molar-refractivity contribution >= 4 is 34.8 Å². The number of thiazole rings is 1. The first-order chi connectivity index (χ1) is 12.0. The van der Waals surface area contributed by atoms with E-state index in [1.165, 1.54) is 18.3 Å². The number of benzene rings is 1. The molecule has 25 heavy (non-hydrogen) atoms. The van der Waals surface area contributed by atoms with Gasteiger partial charge in [-0.25, -0.2) is 4.98 Å². The molecule has 0 fully saturated rings. The van der Waals surface area contributed by atoms with Gasteiger partial charge >= 0.3 is 5.97 Å². The first kappa shape index (κ1) is 19.4. The van der Waals surface area contributed by atoms with Crippen molar-refractivity contribution in [2.24, 2.45) is 0 Å². The molecule has 0 saturated heterocycles. The van der Waals surface area contributed by atoms with Gasteiger partial charge in [0.25, 0.3) is 5.91 Å². The van der Waals surface area contributed by atoms with Crippen LogP contribution in [0.25, 0.3) is 10.6 Å². The molecule has 0 aliphatic carbocycles. The van der Waals surface area contributed by atoms with E-state index in [0.717, 1.165) is 10.6 Å². The van der Waals surface area contributed by atoms with E-state index in [9.17, 15) is 9.59 Å². The average molecular weight is 383 g/mol. The van der Waals surface area contributed by atoms with E-state index in [2.05, 4.69) is 10.3 Å². The summed E-state index contributed by atoms with van der Waals surface area (Å²) < 4.78 is 9.97. The lowest BCUT2D eigenvalue weighted by Gasteiger charge is -2.12. The smallest absolute Gasteiger partial charge is 0.312 e. The predicted octanol–water partition coefficient (Wildman–Crippen LogP) is 2.70. The minimum atomic E-state index is -0.862. The van der Waals surface area contributed by atoms with Crippen LogP contribution in [0.15, 0.2) is 29.6 Å². The Labute approximate surface area is 155 Å². The number of amides is 1. The largest absolute Gasteiger partial charge is 0.452 e. The number of carbonyl (C=O) groups excluding carboxylic acids is 2. The van der Waals surface area contributed by atoms with Crippen molar-refractivity contribution in [2.75, 3.05) is 20.3 Å². The second-order valence-corrected chi connectivity index (χ2v) is 6.54. The van der Waals surface area contributed by atoms with Crippen molar-refractivity contribution < 1.29 is 19.1 Å². The molecule has 2 aromatic rings. The molecule has 134 valence electrons. The molecule has 0 aliphatic heterocycles. The van der Waals surface area contributed by atoms with Crippen LogP contribution < -0.4 is 5.32 Å². The van der Waals surface area contributed by atoms with Gasteiger partial charge in [0.05, 0.1) is 18.7 Å². The summed E-state index contributed by atoms with van der Waals surface area (Å²) in [7, 11) is 1.54. The molecule has 6 nitrogen and oxygen atoms in total. The Morgan fingerprint density at radius 3 is 2.72 bits per heavy atom. The van der Waals surface area contributed by atoms with Crippen molar-refractivity contribution in [3.8, 4) is 10.6 Å². The Morgan fingerprint density at radius 1 is 1.32 bits per heavy atom. The zero-order valence-corrected chi connectivity index (χ0v) is 15.5. The molecule has 1 N–H and O–H groups in total. The topological polar surface area (TPSA) is 77.5 Å². The first-order valence-electron chi connectivity index (χ1n) is 7.66. The van der Waals surface area contributed by atoms with Crippen molar-refractivity contribution in [3.05, 3.63) is 40.4 Å². The molecule has 2 rings (SSSR count). The molecule has 1 heterocycles. The van der Waals surface area contributed by atoms with E-state index < -0.39 is 12.1 Å². The fraction of sp³-hybridized carbons (Fsp3) is 0.353. The summed E-state index contributed by atoms with van der Waals surface area (Å²) in [4.78, 5) is 28.1. The molecule has 0 radical (unpaired) electrons. The van der Waals surface area contributed by atoms with Crippen LogP contribution in [0.4, 0.5) is 0 Å². The van der Waals surface area contributed by atoms with Crippen LogP contribution in [-0.4, -0.2) is 43.2 Å². The van der Waals surface area contributed by atoms with Crippen LogP contribution in [-0.2, 0) is 25.5 Å². The van der Waals surface area contributed by atoms with Crippen molar-refractivity contribution in [3.63, 3.8) is 0 Å².